The Morgan fingerprint density at radius 3 is 2.90 bits per heavy atom. The van der Waals surface area contributed by atoms with Crippen molar-refractivity contribution in [1.29, 1.82) is 0 Å². The topological polar surface area (TPSA) is 61.2 Å². The van der Waals surface area contributed by atoms with Gasteiger partial charge in [0.25, 0.3) is 10.0 Å². The smallest absolute Gasteiger partial charge is 0.254 e. The maximum Gasteiger partial charge on any atom is 0.254 e. The lowest BCUT2D eigenvalue weighted by molar-refractivity contribution is 0.302. The van der Waals surface area contributed by atoms with Gasteiger partial charge in [-0.2, -0.15) is 9.19 Å². The summed E-state index contributed by atoms with van der Waals surface area (Å²) in [4.78, 5) is 0. The summed E-state index contributed by atoms with van der Waals surface area (Å²) in [7, 11) is -3.42. The van der Waals surface area contributed by atoms with Crippen molar-refractivity contribution in [3.05, 3.63) is 36.0 Å². The van der Waals surface area contributed by atoms with E-state index in [4.69, 9.17) is 4.74 Å². The number of rotatable bonds is 5. The zero-order valence-corrected chi connectivity index (χ0v) is 12.8. The highest BCUT2D eigenvalue weighted by Crippen LogP contribution is 2.37. The molecule has 0 saturated heterocycles. The highest BCUT2D eigenvalue weighted by atomic mass is 32.2. The van der Waals surface area contributed by atoms with Crippen LogP contribution >= 0.6 is 0 Å². The average molecular weight is 306 g/mol. The molecule has 2 heterocycles. The predicted molar refractivity (Wildman–Crippen MR) is 80.7 cm³/mol. The molecule has 0 spiro atoms. The van der Waals surface area contributed by atoms with E-state index in [0.717, 1.165) is 24.0 Å². The van der Waals surface area contributed by atoms with Gasteiger partial charge in [0.2, 0.25) is 0 Å². The van der Waals surface area contributed by atoms with Crippen LogP contribution in [0.1, 0.15) is 31.7 Å². The molecule has 21 heavy (non-hydrogen) atoms. The largest absolute Gasteiger partial charge is 0.488 e. The summed E-state index contributed by atoms with van der Waals surface area (Å²) in [5.74, 6) is 0.827. The minimum absolute atomic E-state index is 0.123. The van der Waals surface area contributed by atoms with Gasteiger partial charge < -0.3 is 4.74 Å². The number of hydrogen-bond donors (Lipinski definition) is 0. The molecule has 6 heteroatoms. The van der Waals surface area contributed by atoms with Crippen molar-refractivity contribution >= 4 is 10.0 Å². The van der Waals surface area contributed by atoms with Crippen LogP contribution in [0.3, 0.4) is 0 Å². The molecule has 1 aromatic heterocycles. The van der Waals surface area contributed by atoms with Crippen molar-refractivity contribution < 1.29 is 13.2 Å². The van der Waals surface area contributed by atoms with Gasteiger partial charge in [0, 0.05) is 11.1 Å². The van der Waals surface area contributed by atoms with E-state index in [-0.39, 0.29) is 5.75 Å². The van der Waals surface area contributed by atoms with Crippen LogP contribution in [0.15, 0.2) is 30.5 Å². The summed E-state index contributed by atoms with van der Waals surface area (Å²) < 4.78 is 31.8. The van der Waals surface area contributed by atoms with E-state index < -0.39 is 10.0 Å². The Morgan fingerprint density at radius 1 is 1.29 bits per heavy atom. The number of para-hydroxylation sites is 1. The molecular weight excluding hydrogens is 288 g/mol. The lowest BCUT2D eigenvalue weighted by Crippen LogP contribution is -2.20. The summed E-state index contributed by atoms with van der Waals surface area (Å²) >= 11 is 0. The van der Waals surface area contributed by atoms with Gasteiger partial charge in [-0.3, -0.25) is 0 Å². The van der Waals surface area contributed by atoms with Gasteiger partial charge in [0.15, 0.2) is 0 Å². The number of nitrogens with zero attached hydrogens (tertiary/aromatic N) is 2. The Bertz CT molecular complexity index is 750. The Kier molecular flexibility index (Phi) is 3.71. The van der Waals surface area contributed by atoms with Crippen LogP contribution in [0, 0.1) is 0 Å². The second-order valence-corrected chi connectivity index (χ2v) is 7.09. The van der Waals surface area contributed by atoms with E-state index in [0.29, 0.717) is 24.5 Å². The maximum absolute atomic E-state index is 12.5. The van der Waals surface area contributed by atoms with Gasteiger partial charge in [-0.25, -0.2) is 8.42 Å². The predicted octanol–water partition coefficient (Wildman–Crippen LogP) is 2.81. The minimum atomic E-state index is -3.42. The lowest BCUT2D eigenvalue weighted by Gasteiger charge is -2.19. The zero-order chi connectivity index (χ0) is 14.9. The SMILES string of the molecule is CCCCCS(=O)(=O)n1ncc2c1-c1ccccc1OC2. The summed E-state index contributed by atoms with van der Waals surface area (Å²) in [6.45, 7) is 2.41. The Hall–Kier alpha value is -1.82. The van der Waals surface area contributed by atoms with Crippen molar-refractivity contribution in [2.24, 2.45) is 0 Å². The third-order valence-electron chi connectivity index (χ3n) is 3.61. The van der Waals surface area contributed by atoms with E-state index >= 15 is 0 Å². The number of ether oxygens (including phenoxy) is 1. The molecule has 0 atom stereocenters. The standard InChI is InChI=1S/C15H18N2O3S/c1-2-3-6-9-21(18,19)17-15-12(10-16-17)11-20-14-8-5-4-7-13(14)15/h4-5,7-8,10H,2-3,6,9,11H2,1H3. The first kappa shape index (κ1) is 14.1. The van der Waals surface area contributed by atoms with Gasteiger partial charge in [-0.05, 0) is 18.6 Å². The van der Waals surface area contributed by atoms with Crippen molar-refractivity contribution in [1.82, 2.24) is 9.19 Å². The van der Waals surface area contributed by atoms with Gasteiger partial charge in [0.1, 0.15) is 12.4 Å². The van der Waals surface area contributed by atoms with E-state index in [2.05, 4.69) is 12.0 Å². The molecule has 2 aromatic rings. The van der Waals surface area contributed by atoms with Crippen LogP contribution in [0.4, 0.5) is 0 Å². The molecule has 0 unspecified atom stereocenters. The molecule has 0 aliphatic carbocycles. The van der Waals surface area contributed by atoms with Gasteiger partial charge in [0.05, 0.1) is 17.6 Å². The summed E-state index contributed by atoms with van der Waals surface area (Å²) in [5, 5.41) is 4.10. The van der Waals surface area contributed by atoms with Crippen LogP contribution < -0.4 is 4.74 Å². The quantitative estimate of drug-likeness (QED) is 0.797. The molecule has 0 radical (unpaired) electrons. The van der Waals surface area contributed by atoms with E-state index in [1.54, 1.807) is 6.20 Å². The highest BCUT2D eigenvalue weighted by Gasteiger charge is 2.27. The number of benzene rings is 1. The highest BCUT2D eigenvalue weighted by molar-refractivity contribution is 7.89. The monoisotopic (exact) mass is 306 g/mol. The fourth-order valence-corrected chi connectivity index (χ4v) is 3.95. The second-order valence-electron chi connectivity index (χ2n) is 5.17. The maximum atomic E-state index is 12.5. The van der Waals surface area contributed by atoms with Crippen molar-refractivity contribution in [3.8, 4) is 17.0 Å². The molecule has 0 fully saturated rings. The summed E-state index contributed by atoms with van der Waals surface area (Å²) in [6.07, 6.45) is 4.14. The van der Waals surface area contributed by atoms with Gasteiger partial charge in [-0.15, -0.1) is 0 Å². The Morgan fingerprint density at radius 2 is 2.10 bits per heavy atom. The molecular formula is C15H18N2O3S. The fourth-order valence-electron chi connectivity index (χ4n) is 2.52. The zero-order valence-electron chi connectivity index (χ0n) is 11.9. The van der Waals surface area contributed by atoms with E-state index in [1.165, 1.54) is 4.09 Å². The number of aromatic nitrogens is 2. The first-order chi connectivity index (χ1) is 10.1. The molecule has 1 aliphatic heterocycles. The third kappa shape index (κ3) is 2.55. The molecule has 0 N–H and O–H groups in total. The number of hydrogen-bond acceptors (Lipinski definition) is 4. The molecule has 1 aliphatic rings. The van der Waals surface area contributed by atoms with Crippen molar-refractivity contribution in [2.75, 3.05) is 5.75 Å². The van der Waals surface area contributed by atoms with E-state index in [1.807, 2.05) is 24.3 Å². The minimum Gasteiger partial charge on any atom is -0.488 e. The van der Waals surface area contributed by atoms with Crippen LogP contribution in [-0.4, -0.2) is 23.4 Å². The molecule has 5 nitrogen and oxygen atoms in total. The average Bonchev–Trinajstić information content (AvgIpc) is 2.92. The van der Waals surface area contributed by atoms with Crippen LogP contribution in [0.5, 0.6) is 5.75 Å². The van der Waals surface area contributed by atoms with Crippen molar-refractivity contribution in [2.45, 2.75) is 32.8 Å². The lowest BCUT2D eigenvalue weighted by atomic mass is 10.1. The van der Waals surface area contributed by atoms with Gasteiger partial charge in [-0.1, -0.05) is 31.9 Å². The first-order valence-electron chi connectivity index (χ1n) is 7.16. The van der Waals surface area contributed by atoms with Crippen LogP contribution in [0.2, 0.25) is 0 Å². The summed E-state index contributed by atoms with van der Waals surface area (Å²) in [6, 6.07) is 7.46. The first-order valence-corrected chi connectivity index (χ1v) is 8.77. The molecule has 112 valence electrons. The van der Waals surface area contributed by atoms with Crippen molar-refractivity contribution in [3.63, 3.8) is 0 Å². The van der Waals surface area contributed by atoms with E-state index in [9.17, 15) is 8.42 Å². The van der Waals surface area contributed by atoms with Crippen LogP contribution in [0.25, 0.3) is 11.3 Å². The third-order valence-corrected chi connectivity index (χ3v) is 5.22. The van der Waals surface area contributed by atoms with Gasteiger partial charge >= 0.3 is 0 Å². The Labute approximate surface area is 124 Å². The molecule has 0 amide bonds. The number of fused-ring (bicyclic) bond motifs is 3. The Balaban J connectivity index is 2.03. The molecule has 0 bridgehead atoms. The summed E-state index contributed by atoms with van der Waals surface area (Å²) in [5.41, 5.74) is 2.25. The number of unbranched alkanes of at least 4 members (excludes halogenated alkanes) is 2. The molecule has 3 rings (SSSR count). The normalized spacial score (nSPS) is 13.4. The van der Waals surface area contributed by atoms with Crippen LogP contribution in [-0.2, 0) is 16.6 Å². The molecule has 0 saturated carbocycles. The fraction of sp³-hybridized carbons (Fsp3) is 0.400. The molecule has 1 aromatic carbocycles. The second kappa shape index (κ2) is 5.52.